The first-order valence-electron chi connectivity index (χ1n) is 7.42. The highest BCUT2D eigenvalue weighted by atomic mass is 19.1. The van der Waals surface area contributed by atoms with E-state index in [2.05, 4.69) is 15.5 Å². The van der Waals surface area contributed by atoms with Crippen LogP contribution in [-0.4, -0.2) is 22.6 Å². The number of aryl methyl sites for hydroxylation is 1. The van der Waals surface area contributed by atoms with Gasteiger partial charge in [0.15, 0.2) is 0 Å². The molecule has 0 spiro atoms. The SMILES string of the molecule is CCCNC(=O)c1cc(C)nc2onc(-c3ccccc3F)c12. The van der Waals surface area contributed by atoms with Gasteiger partial charge in [0.2, 0.25) is 0 Å². The van der Waals surface area contributed by atoms with E-state index in [9.17, 15) is 9.18 Å². The first-order chi connectivity index (χ1) is 11.1. The van der Waals surface area contributed by atoms with E-state index in [0.717, 1.165) is 6.42 Å². The highest BCUT2D eigenvalue weighted by Gasteiger charge is 2.22. The molecule has 3 aromatic rings. The third-order valence-electron chi connectivity index (χ3n) is 3.48. The lowest BCUT2D eigenvalue weighted by Crippen LogP contribution is -2.24. The van der Waals surface area contributed by atoms with Crippen LogP contribution in [0.5, 0.6) is 0 Å². The number of carbonyl (C=O) groups excluding carboxylic acids is 1. The number of fused-ring (bicyclic) bond motifs is 1. The zero-order valence-electron chi connectivity index (χ0n) is 12.9. The Labute approximate surface area is 132 Å². The molecule has 0 aliphatic heterocycles. The second kappa shape index (κ2) is 6.16. The molecule has 0 aliphatic carbocycles. The van der Waals surface area contributed by atoms with Crippen LogP contribution in [-0.2, 0) is 0 Å². The van der Waals surface area contributed by atoms with Crippen molar-refractivity contribution in [1.29, 1.82) is 0 Å². The van der Waals surface area contributed by atoms with Crippen LogP contribution in [0.4, 0.5) is 4.39 Å². The van der Waals surface area contributed by atoms with E-state index in [-0.39, 0.29) is 22.9 Å². The maximum Gasteiger partial charge on any atom is 0.259 e. The Morgan fingerprint density at radius 2 is 2.13 bits per heavy atom. The van der Waals surface area contributed by atoms with E-state index in [1.54, 1.807) is 31.2 Å². The predicted octanol–water partition coefficient (Wildman–Crippen LogP) is 3.48. The Hall–Kier alpha value is -2.76. The normalized spacial score (nSPS) is 10.9. The number of pyridine rings is 1. The molecule has 5 nitrogen and oxygen atoms in total. The molecule has 2 aromatic heterocycles. The number of nitrogens with one attached hydrogen (secondary N) is 1. The summed E-state index contributed by atoms with van der Waals surface area (Å²) in [4.78, 5) is 16.7. The fraction of sp³-hybridized carbons (Fsp3) is 0.235. The molecule has 0 radical (unpaired) electrons. The van der Waals surface area contributed by atoms with Crippen LogP contribution in [0.3, 0.4) is 0 Å². The monoisotopic (exact) mass is 313 g/mol. The second-order valence-corrected chi connectivity index (χ2v) is 5.26. The molecule has 1 aromatic carbocycles. The predicted molar refractivity (Wildman–Crippen MR) is 84.6 cm³/mol. The first-order valence-corrected chi connectivity index (χ1v) is 7.42. The van der Waals surface area contributed by atoms with Gasteiger partial charge >= 0.3 is 0 Å². The van der Waals surface area contributed by atoms with E-state index in [0.29, 0.717) is 23.2 Å². The summed E-state index contributed by atoms with van der Waals surface area (Å²) in [5.41, 5.74) is 1.81. The third kappa shape index (κ3) is 2.79. The maximum atomic E-state index is 14.1. The van der Waals surface area contributed by atoms with Crippen LogP contribution in [0.15, 0.2) is 34.9 Å². The molecule has 1 amide bonds. The Morgan fingerprint density at radius 3 is 2.87 bits per heavy atom. The summed E-state index contributed by atoms with van der Waals surface area (Å²) < 4.78 is 19.3. The zero-order chi connectivity index (χ0) is 16.4. The molecule has 3 rings (SSSR count). The molecule has 0 aliphatic rings. The number of rotatable bonds is 4. The van der Waals surface area contributed by atoms with Crippen molar-refractivity contribution >= 4 is 17.0 Å². The summed E-state index contributed by atoms with van der Waals surface area (Å²) >= 11 is 0. The Kier molecular flexibility index (Phi) is 4.06. The lowest BCUT2D eigenvalue weighted by Gasteiger charge is -2.06. The van der Waals surface area contributed by atoms with Gasteiger partial charge in [0.05, 0.1) is 10.9 Å². The molecule has 118 valence electrons. The molecule has 1 N–H and O–H groups in total. The number of nitrogens with zero attached hydrogens (tertiary/aromatic N) is 2. The smallest absolute Gasteiger partial charge is 0.259 e. The van der Waals surface area contributed by atoms with E-state index >= 15 is 0 Å². The third-order valence-corrected chi connectivity index (χ3v) is 3.48. The van der Waals surface area contributed by atoms with Crippen molar-refractivity contribution in [2.45, 2.75) is 20.3 Å². The Bertz CT molecular complexity index is 873. The van der Waals surface area contributed by atoms with Crippen molar-refractivity contribution in [3.63, 3.8) is 0 Å². The molecule has 6 heteroatoms. The lowest BCUT2D eigenvalue weighted by atomic mass is 10.0. The standard InChI is InChI=1S/C17H16FN3O2/c1-3-8-19-16(22)12-9-10(2)20-17-14(12)15(21-23-17)11-6-4-5-7-13(11)18/h4-7,9H,3,8H2,1-2H3,(H,19,22). The fourth-order valence-electron chi connectivity index (χ4n) is 2.42. The maximum absolute atomic E-state index is 14.1. The van der Waals surface area contributed by atoms with Crippen molar-refractivity contribution in [2.24, 2.45) is 0 Å². The number of benzene rings is 1. The van der Waals surface area contributed by atoms with E-state index in [1.807, 2.05) is 6.92 Å². The molecular formula is C17H16FN3O2. The van der Waals surface area contributed by atoms with Crippen molar-refractivity contribution in [3.05, 3.63) is 47.4 Å². The first kappa shape index (κ1) is 15.1. The number of aromatic nitrogens is 2. The molecule has 0 unspecified atom stereocenters. The average Bonchev–Trinajstić information content (AvgIpc) is 2.95. The van der Waals surface area contributed by atoms with Gasteiger partial charge in [0.25, 0.3) is 11.6 Å². The average molecular weight is 313 g/mol. The minimum atomic E-state index is -0.428. The summed E-state index contributed by atoms with van der Waals surface area (Å²) in [5.74, 6) is -0.675. The quantitative estimate of drug-likeness (QED) is 0.800. The van der Waals surface area contributed by atoms with Gasteiger partial charge in [-0.1, -0.05) is 24.2 Å². The number of carbonyl (C=O) groups is 1. The van der Waals surface area contributed by atoms with Crippen LogP contribution in [0.2, 0.25) is 0 Å². The molecule has 0 bridgehead atoms. The van der Waals surface area contributed by atoms with Crippen LogP contribution < -0.4 is 5.32 Å². The van der Waals surface area contributed by atoms with Gasteiger partial charge in [0.1, 0.15) is 11.5 Å². The van der Waals surface area contributed by atoms with E-state index in [1.165, 1.54) is 6.07 Å². The van der Waals surface area contributed by atoms with Crippen molar-refractivity contribution in [2.75, 3.05) is 6.54 Å². The van der Waals surface area contributed by atoms with Crippen molar-refractivity contribution in [3.8, 4) is 11.3 Å². The largest absolute Gasteiger partial charge is 0.352 e. The van der Waals surface area contributed by atoms with E-state index < -0.39 is 5.82 Å². The van der Waals surface area contributed by atoms with Gasteiger partial charge < -0.3 is 9.84 Å². The summed E-state index contributed by atoms with van der Waals surface area (Å²) in [6.45, 7) is 4.29. The fourth-order valence-corrected chi connectivity index (χ4v) is 2.42. The van der Waals surface area contributed by atoms with Gasteiger partial charge in [0, 0.05) is 17.8 Å². The van der Waals surface area contributed by atoms with Gasteiger partial charge in [-0.25, -0.2) is 9.37 Å². The highest BCUT2D eigenvalue weighted by molar-refractivity contribution is 6.09. The van der Waals surface area contributed by atoms with Gasteiger partial charge in [-0.2, -0.15) is 0 Å². The summed E-state index contributed by atoms with van der Waals surface area (Å²) in [7, 11) is 0. The number of hydrogen-bond acceptors (Lipinski definition) is 4. The topological polar surface area (TPSA) is 68.0 Å². The highest BCUT2D eigenvalue weighted by Crippen LogP contribution is 2.31. The van der Waals surface area contributed by atoms with Gasteiger partial charge in [-0.15, -0.1) is 0 Å². The lowest BCUT2D eigenvalue weighted by molar-refractivity contribution is 0.0955. The summed E-state index contributed by atoms with van der Waals surface area (Å²) in [6, 6.07) is 7.90. The number of amides is 1. The molecule has 0 fully saturated rings. The minimum absolute atomic E-state index is 0.227. The summed E-state index contributed by atoms with van der Waals surface area (Å²) in [5, 5.41) is 7.18. The van der Waals surface area contributed by atoms with Crippen LogP contribution in [0.25, 0.3) is 22.4 Å². The Balaban J connectivity index is 2.22. The molecule has 23 heavy (non-hydrogen) atoms. The van der Waals surface area contributed by atoms with Gasteiger partial charge in [-0.3, -0.25) is 4.79 Å². The number of halogens is 1. The molecule has 2 heterocycles. The van der Waals surface area contributed by atoms with Crippen molar-refractivity contribution < 1.29 is 13.7 Å². The zero-order valence-corrected chi connectivity index (χ0v) is 12.9. The molecule has 0 saturated carbocycles. The van der Waals surface area contributed by atoms with Gasteiger partial charge in [-0.05, 0) is 31.5 Å². The summed E-state index contributed by atoms with van der Waals surface area (Å²) in [6.07, 6.45) is 0.822. The molecular weight excluding hydrogens is 297 g/mol. The van der Waals surface area contributed by atoms with Crippen molar-refractivity contribution in [1.82, 2.24) is 15.5 Å². The molecule has 0 saturated heterocycles. The van der Waals surface area contributed by atoms with E-state index in [4.69, 9.17) is 4.52 Å². The number of hydrogen-bond donors (Lipinski definition) is 1. The Morgan fingerprint density at radius 1 is 1.35 bits per heavy atom. The molecule has 0 atom stereocenters. The van der Waals surface area contributed by atoms with Crippen LogP contribution in [0, 0.1) is 12.7 Å². The van der Waals surface area contributed by atoms with Crippen LogP contribution >= 0.6 is 0 Å². The second-order valence-electron chi connectivity index (χ2n) is 5.26. The minimum Gasteiger partial charge on any atom is -0.352 e. The van der Waals surface area contributed by atoms with Crippen LogP contribution in [0.1, 0.15) is 29.4 Å².